The summed E-state index contributed by atoms with van der Waals surface area (Å²) >= 11 is 5.86. The Bertz CT molecular complexity index is 595. The fourth-order valence-corrected chi connectivity index (χ4v) is 2.29. The minimum atomic E-state index is -0.200. The average Bonchev–Trinajstić information content (AvgIpc) is 2.74. The molecule has 0 saturated carbocycles. The molecular formula is C14H11ClNO2. The largest absolute Gasteiger partial charge is 0.618 e. The van der Waals surface area contributed by atoms with Gasteiger partial charge in [0.15, 0.2) is 11.9 Å². The molecule has 0 spiro atoms. The minimum absolute atomic E-state index is 0.200. The highest BCUT2D eigenvalue weighted by atomic mass is 35.5. The molecule has 1 aliphatic heterocycles. The first-order chi connectivity index (χ1) is 8.65. The Morgan fingerprint density at radius 1 is 1.39 bits per heavy atom. The van der Waals surface area contributed by atoms with Gasteiger partial charge in [0.25, 0.3) is 0 Å². The van der Waals surface area contributed by atoms with Crippen molar-refractivity contribution >= 4 is 11.6 Å². The first-order valence-electron chi connectivity index (χ1n) is 5.67. The summed E-state index contributed by atoms with van der Waals surface area (Å²) in [7, 11) is 0. The van der Waals surface area contributed by atoms with Crippen molar-refractivity contribution in [3.8, 4) is 0 Å². The van der Waals surface area contributed by atoms with Crippen LogP contribution >= 0.6 is 11.6 Å². The number of benzene rings is 1. The molecule has 4 heteroatoms. The monoisotopic (exact) mass is 260 g/mol. The highest BCUT2D eigenvalue weighted by Crippen LogP contribution is 2.35. The van der Waals surface area contributed by atoms with E-state index in [9.17, 15) is 5.21 Å². The lowest BCUT2D eigenvalue weighted by atomic mass is 10.0. The van der Waals surface area contributed by atoms with Gasteiger partial charge >= 0.3 is 0 Å². The van der Waals surface area contributed by atoms with Gasteiger partial charge in [-0.15, -0.1) is 0 Å². The van der Waals surface area contributed by atoms with Gasteiger partial charge in [-0.25, -0.2) is 0 Å². The molecule has 3 nitrogen and oxygen atoms in total. The van der Waals surface area contributed by atoms with Gasteiger partial charge in [-0.1, -0.05) is 23.7 Å². The molecule has 0 aliphatic carbocycles. The number of rotatable bonds is 1. The van der Waals surface area contributed by atoms with Crippen molar-refractivity contribution in [2.75, 3.05) is 0 Å². The first kappa shape index (κ1) is 11.5. The predicted octanol–water partition coefficient (Wildman–Crippen LogP) is 2.70. The highest BCUT2D eigenvalue weighted by Gasteiger charge is 2.28. The SMILES string of the molecule is Cc1[c]c2c(c[n+]1[O-])C(c1ccc(Cl)cc1)OC2. The Hall–Kier alpha value is -1.58. The lowest BCUT2D eigenvalue weighted by Crippen LogP contribution is -2.30. The number of hydrogen-bond donors (Lipinski definition) is 0. The summed E-state index contributed by atoms with van der Waals surface area (Å²) in [5.41, 5.74) is 3.40. The van der Waals surface area contributed by atoms with Crippen LogP contribution in [0.4, 0.5) is 0 Å². The summed E-state index contributed by atoms with van der Waals surface area (Å²) in [5.74, 6) is 0. The number of aromatic nitrogens is 1. The van der Waals surface area contributed by atoms with Crippen LogP contribution < -0.4 is 4.73 Å². The number of ether oxygens (including phenoxy) is 1. The predicted molar refractivity (Wildman–Crippen MR) is 67.1 cm³/mol. The summed E-state index contributed by atoms with van der Waals surface area (Å²) in [5, 5.41) is 12.3. The number of nitrogens with zero attached hydrogens (tertiary/aromatic N) is 1. The number of fused-ring (bicyclic) bond motifs is 1. The molecule has 3 rings (SSSR count). The van der Waals surface area contributed by atoms with Crippen LogP contribution in [-0.2, 0) is 11.3 Å². The van der Waals surface area contributed by atoms with E-state index in [1.54, 1.807) is 13.1 Å². The summed E-state index contributed by atoms with van der Waals surface area (Å²) in [6.45, 7) is 2.23. The van der Waals surface area contributed by atoms with E-state index in [2.05, 4.69) is 6.07 Å². The van der Waals surface area contributed by atoms with Crippen molar-refractivity contribution in [3.05, 3.63) is 69.1 Å². The van der Waals surface area contributed by atoms with Crippen molar-refractivity contribution in [2.24, 2.45) is 0 Å². The van der Waals surface area contributed by atoms with Gasteiger partial charge in [-0.3, -0.25) is 0 Å². The van der Waals surface area contributed by atoms with Crippen molar-refractivity contribution in [1.29, 1.82) is 0 Å². The van der Waals surface area contributed by atoms with Gasteiger partial charge in [-0.05, 0) is 17.7 Å². The molecule has 1 atom stereocenters. The van der Waals surface area contributed by atoms with Crippen LogP contribution in [-0.4, -0.2) is 0 Å². The van der Waals surface area contributed by atoms with Crippen LogP contribution in [0.1, 0.15) is 28.5 Å². The molecular weight excluding hydrogens is 250 g/mol. The van der Waals surface area contributed by atoms with E-state index in [4.69, 9.17) is 16.3 Å². The van der Waals surface area contributed by atoms with Crippen LogP contribution in [0.3, 0.4) is 0 Å². The molecule has 0 saturated heterocycles. The molecule has 1 radical (unpaired) electrons. The number of pyridine rings is 1. The lowest BCUT2D eigenvalue weighted by Gasteiger charge is -2.11. The fourth-order valence-electron chi connectivity index (χ4n) is 2.16. The number of hydrogen-bond acceptors (Lipinski definition) is 2. The lowest BCUT2D eigenvalue weighted by molar-refractivity contribution is -0.613. The van der Waals surface area contributed by atoms with E-state index in [1.807, 2.05) is 24.3 Å². The van der Waals surface area contributed by atoms with Crippen LogP contribution in [0.15, 0.2) is 30.5 Å². The molecule has 1 aromatic carbocycles. The molecule has 1 aromatic heterocycles. The topological polar surface area (TPSA) is 36.2 Å². The zero-order valence-electron chi connectivity index (χ0n) is 9.81. The standard InChI is InChI=1S/C14H11ClNO2/c1-9-6-11-8-18-14(13(11)7-16(9)17)10-2-4-12(15)5-3-10/h2-5,7,14H,8H2,1H3. The van der Waals surface area contributed by atoms with Crippen LogP contribution in [0.25, 0.3) is 0 Å². The molecule has 2 aromatic rings. The molecule has 1 aliphatic rings. The molecule has 18 heavy (non-hydrogen) atoms. The van der Waals surface area contributed by atoms with E-state index in [0.29, 0.717) is 17.3 Å². The third-order valence-corrected chi connectivity index (χ3v) is 3.37. The van der Waals surface area contributed by atoms with Crippen molar-refractivity contribution in [2.45, 2.75) is 19.6 Å². The van der Waals surface area contributed by atoms with Gasteiger partial charge in [0.2, 0.25) is 0 Å². The third kappa shape index (κ3) is 1.85. The second kappa shape index (κ2) is 4.26. The molecule has 0 fully saturated rings. The van der Waals surface area contributed by atoms with E-state index >= 15 is 0 Å². The zero-order valence-corrected chi connectivity index (χ0v) is 10.6. The third-order valence-electron chi connectivity index (χ3n) is 3.12. The smallest absolute Gasteiger partial charge is 0.198 e. The Balaban J connectivity index is 2.04. The van der Waals surface area contributed by atoms with Crippen LogP contribution in [0, 0.1) is 18.2 Å². The highest BCUT2D eigenvalue weighted by molar-refractivity contribution is 6.30. The molecule has 0 bridgehead atoms. The minimum Gasteiger partial charge on any atom is -0.618 e. The van der Waals surface area contributed by atoms with E-state index < -0.39 is 0 Å². The van der Waals surface area contributed by atoms with Crippen molar-refractivity contribution in [3.63, 3.8) is 0 Å². The van der Waals surface area contributed by atoms with Crippen LogP contribution in [0.5, 0.6) is 0 Å². The Labute approximate surface area is 110 Å². The number of halogens is 1. The quantitative estimate of drug-likeness (QED) is 0.584. The van der Waals surface area contributed by atoms with Gasteiger partial charge < -0.3 is 9.94 Å². The Morgan fingerprint density at radius 3 is 2.83 bits per heavy atom. The van der Waals surface area contributed by atoms with Gasteiger partial charge in [0, 0.05) is 17.5 Å². The van der Waals surface area contributed by atoms with Crippen molar-refractivity contribution in [1.82, 2.24) is 0 Å². The van der Waals surface area contributed by atoms with Gasteiger partial charge in [-0.2, -0.15) is 4.73 Å². The maximum absolute atomic E-state index is 11.6. The Morgan fingerprint density at radius 2 is 2.11 bits per heavy atom. The van der Waals surface area contributed by atoms with E-state index in [-0.39, 0.29) is 6.10 Å². The van der Waals surface area contributed by atoms with Gasteiger partial charge in [0.05, 0.1) is 18.2 Å². The molecule has 1 unspecified atom stereocenters. The Kier molecular flexibility index (Phi) is 2.73. The molecule has 0 amide bonds. The first-order valence-corrected chi connectivity index (χ1v) is 6.05. The average molecular weight is 261 g/mol. The second-order valence-corrected chi connectivity index (χ2v) is 4.78. The van der Waals surface area contributed by atoms with E-state index in [1.165, 1.54) is 0 Å². The maximum atomic E-state index is 11.6. The number of aryl methyl sites for hydroxylation is 1. The van der Waals surface area contributed by atoms with Gasteiger partial charge in [0.1, 0.15) is 6.10 Å². The second-order valence-electron chi connectivity index (χ2n) is 4.34. The molecule has 91 valence electrons. The summed E-state index contributed by atoms with van der Waals surface area (Å²) < 4.78 is 6.56. The maximum Gasteiger partial charge on any atom is 0.198 e. The molecule has 2 heterocycles. The summed E-state index contributed by atoms with van der Waals surface area (Å²) in [4.78, 5) is 0. The normalized spacial score (nSPS) is 17.8. The summed E-state index contributed by atoms with van der Waals surface area (Å²) in [6, 6.07) is 10.5. The summed E-state index contributed by atoms with van der Waals surface area (Å²) in [6.07, 6.45) is 1.38. The van der Waals surface area contributed by atoms with Crippen molar-refractivity contribution < 1.29 is 9.47 Å². The fraction of sp³-hybridized carbons (Fsp3) is 0.214. The van der Waals surface area contributed by atoms with Crippen LogP contribution in [0.2, 0.25) is 5.02 Å². The molecule has 0 N–H and O–H groups in total. The van der Waals surface area contributed by atoms with E-state index in [0.717, 1.165) is 21.4 Å². The zero-order chi connectivity index (χ0) is 12.7.